The molecule has 1 amide bonds. The van der Waals surface area contributed by atoms with Crippen LogP contribution in [0.3, 0.4) is 0 Å². The molecule has 0 saturated heterocycles. The number of amides is 1. The van der Waals surface area contributed by atoms with E-state index in [1.807, 2.05) is 18.2 Å². The van der Waals surface area contributed by atoms with Gasteiger partial charge in [0.2, 0.25) is 5.91 Å². The molecule has 1 N–H and O–H groups in total. The zero-order valence-corrected chi connectivity index (χ0v) is 15.1. The van der Waals surface area contributed by atoms with E-state index < -0.39 is 0 Å². The molecular formula is C18H19N3OS2. The van der Waals surface area contributed by atoms with E-state index in [-0.39, 0.29) is 5.91 Å². The molecule has 0 bridgehead atoms. The SMILES string of the molecule is CCc1cc2c(SCC(=O)NCCc3ccccc3)ncnc2s1. The number of carbonyl (C=O) groups is 1. The Bertz CT molecular complexity index is 818. The lowest BCUT2D eigenvalue weighted by Gasteiger charge is -2.05. The molecule has 6 heteroatoms. The number of fused-ring (bicyclic) bond motifs is 1. The third kappa shape index (κ3) is 4.33. The van der Waals surface area contributed by atoms with Crippen molar-refractivity contribution in [1.82, 2.24) is 15.3 Å². The molecule has 0 aliphatic carbocycles. The van der Waals surface area contributed by atoms with Gasteiger partial charge in [-0.25, -0.2) is 9.97 Å². The summed E-state index contributed by atoms with van der Waals surface area (Å²) >= 11 is 3.16. The monoisotopic (exact) mass is 357 g/mol. The molecule has 0 aliphatic rings. The maximum atomic E-state index is 12.0. The summed E-state index contributed by atoms with van der Waals surface area (Å²) in [4.78, 5) is 23.0. The molecule has 0 fully saturated rings. The summed E-state index contributed by atoms with van der Waals surface area (Å²) in [5.41, 5.74) is 1.23. The van der Waals surface area contributed by atoms with Crippen molar-refractivity contribution in [3.63, 3.8) is 0 Å². The van der Waals surface area contributed by atoms with E-state index in [4.69, 9.17) is 0 Å². The average molecular weight is 358 g/mol. The predicted molar refractivity (Wildman–Crippen MR) is 101 cm³/mol. The fraction of sp³-hybridized carbons (Fsp3) is 0.278. The molecule has 0 spiro atoms. The van der Waals surface area contributed by atoms with E-state index in [0.29, 0.717) is 12.3 Å². The first-order chi connectivity index (χ1) is 11.8. The molecule has 0 atom stereocenters. The minimum Gasteiger partial charge on any atom is -0.355 e. The molecule has 1 aromatic carbocycles. The maximum absolute atomic E-state index is 12.0. The molecule has 0 saturated carbocycles. The Morgan fingerprint density at radius 2 is 2.08 bits per heavy atom. The molecule has 4 nitrogen and oxygen atoms in total. The third-order valence-electron chi connectivity index (χ3n) is 3.61. The van der Waals surface area contributed by atoms with Crippen LogP contribution in [0.25, 0.3) is 10.2 Å². The Kier molecular flexibility index (Phi) is 5.82. The van der Waals surface area contributed by atoms with E-state index in [9.17, 15) is 4.79 Å². The highest BCUT2D eigenvalue weighted by Crippen LogP contribution is 2.30. The second-order valence-electron chi connectivity index (χ2n) is 5.34. The van der Waals surface area contributed by atoms with Crippen molar-refractivity contribution >= 4 is 39.2 Å². The highest BCUT2D eigenvalue weighted by atomic mass is 32.2. The number of aromatic nitrogens is 2. The van der Waals surface area contributed by atoms with Crippen molar-refractivity contribution in [3.8, 4) is 0 Å². The summed E-state index contributed by atoms with van der Waals surface area (Å²) in [5, 5.41) is 4.91. The van der Waals surface area contributed by atoms with Crippen LogP contribution >= 0.6 is 23.1 Å². The highest BCUT2D eigenvalue weighted by Gasteiger charge is 2.10. The largest absolute Gasteiger partial charge is 0.355 e. The maximum Gasteiger partial charge on any atom is 0.230 e. The van der Waals surface area contributed by atoms with Gasteiger partial charge in [0.25, 0.3) is 0 Å². The number of thiophene rings is 1. The first-order valence-electron chi connectivity index (χ1n) is 7.93. The highest BCUT2D eigenvalue weighted by molar-refractivity contribution is 8.00. The molecule has 2 aromatic heterocycles. The van der Waals surface area contributed by atoms with Gasteiger partial charge in [-0.3, -0.25) is 4.79 Å². The quantitative estimate of drug-likeness (QED) is 0.517. The van der Waals surface area contributed by atoms with Crippen LogP contribution in [0.1, 0.15) is 17.4 Å². The van der Waals surface area contributed by atoms with Crippen molar-refractivity contribution in [2.24, 2.45) is 0 Å². The first-order valence-corrected chi connectivity index (χ1v) is 9.73. The second-order valence-corrected chi connectivity index (χ2v) is 7.42. The van der Waals surface area contributed by atoms with E-state index in [1.54, 1.807) is 17.7 Å². The summed E-state index contributed by atoms with van der Waals surface area (Å²) in [6, 6.07) is 12.3. The zero-order chi connectivity index (χ0) is 16.8. The molecule has 0 aliphatic heterocycles. The summed E-state index contributed by atoms with van der Waals surface area (Å²) < 4.78 is 0. The van der Waals surface area contributed by atoms with Crippen LogP contribution < -0.4 is 5.32 Å². The fourth-order valence-corrected chi connectivity index (χ4v) is 4.15. The Morgan fingerprint density at radius 1 is 1.25 bits per heavy atom. The smallest absolute Gasteiger partial charge is 0.230 e. The number of rotatable bonds is 7. The van der Waals surface area contributed by atoms with Crippen LogP contribution in [0.4, 0.5) is 0 Å². The van der Waals surface area contributed by atoms with Crippen molar-refractivity contribution in [2.45, 2.75) is 24.8 Å². The Morgan fingerprint density at radius 3 is 2.88 bits per heavy atom. The standard InChI is InChI=1S/C18H19N3OS2/c1-2-14-10-15-17(20-12-21-18(15)24-14)23-11-16(22)19-9-8-13-6-4-3-5-7-13/h3-7,10,12H,2,8-9,11H2,1H3,(H,19,22). The van der Waals surface area contributed by atoms with Gasteiger partial charge in [-0.1, -0.05) is 49.0 Å². The van der Waals surface area contributed by atoms with Crippen molar-refractivity contribution in [2.75, 3.05) is 12.3 Å². The second kappa shape index (κ2) is 8.26. The van der Waals surface area contributed by atoms with E-state index in [1.165, 1.54) is 22.2 Å². The van der Waals surface area contributed by atoms with Crippen molar-refractivity contribution in [1.29, 1.82) is 0 Å². The van der Waals surface area contributed by atoms with Crippen LogP contribution in [-0.2, 0) is 17.6 Å². The lowest BCUT2D eigenvalue weighted by Crippen LogP contribution is -2.27. The number of nitrogens with zero attached hydrogens (tertiary/aromatic N) is 2. The molecule has 3 aromatic rings. The number of nitrogens with one attached hydrogen (secondary N) is 1. The van der Waals surface area contributed by atoms with Crippen molar-refractivity contribution in [3.05, 3.63) is 53.2 Å². The number of carbonyl (C=O) groups excluding carboxylic acids is 1. The van der Waals surface area contributed by atoms with Crippen molar-refractivity contribution < 1.29 is 4.79 Å². The topological polar surface area (TPSA) is 54.9 Å². The lowest BCUT2D eigenvalue weighted by atomic mass is 10.1. The summed E-state index contributed by atoms with van der Waals surface area (Å²) in [7, 11) is 0. The van der Waals surface area contributed by atoms with Gasteiger partial charge in [-0.05, 0) is 24.5 Å². The van der Waals surface area contributed by atoms with E-state index in [2.05, 4.69) is 40.4 Å². The average Bonchev–Trinajstić information content (AvgIpc) is 3.05. The normalized spacial score (nSPS) is 10.9. The molecular weight excluding hydrogens is 338 g/mol. The Balaban J connectivity index is 1.52. The van der Waals surface area contributed by atoms with Gasteiger partial charge < -0.3 is 5.32 Å². The molecule has 24 heavy (non-hydrogen) atoms. The summed E-state index contributed by atoms with van der Waals surface area (Å²) in [6.45, 7) is 2.78. The van der Waals surface area contributed by atoms with Crippen LogP contribution in [0.5, 0.6) is 0 Å². The summed E-state index contributed by atoms with van der Waals surface area (Å²) in [6.07, 6.45) is 3.42. The molecule has 3 rings (SSSR count). The predicted octanol–water partition coefficient (Wildman–Crippen LogP) is 3.70. The number of hydrogen-bond acceptors (Lipinski definition) is 5. The first kappa shape index (κ1) is 16.9. The Labute approximate surface area is 149 Å². The van der Waals surface area contributed by atoms with Gasteiger partial charge in [0.1, 0.15) is 16.2 Å². The van der Waals surface area contributed by atoms with Crippen LogP contribution in [0, 0.1) is 0 Å². The minimum atomic E-state index is 0.0358. The van der Waals surface area contributed by atoms with Crippen LogP contribution in [0.2, 0.25) is 0 Å². The summed E-state index contributed by atoms with van der Waals surface area (Å²) in [5.74, 6) is 0.409. The van der Waals surface area contributed by atoms with Crippen LogP contribution in [-0.4, -0.2) is 28.2 Å². The van der Waals surface area contributed by atoms with Gasteiger partial charge in [-0.15, -0.1) is 11.3 Å². The van der Waals surface area contributed by atoms with Gasteiger partial charge in [-0.2, -0.15) is 0 Å². The number of thioether (sulfide) groups is 1. The lowest BCUT2D eigenvalue weighted by molar-refractivity contribution is -0.118. The minimum absolute atomic E-state index is 0.0358. The molecule has 0 radical (unpaired) electrons. The van der Waals surface area contributed by atoms with Gasteiger partial charge >= 0.3 is 0 Å². The van der Waals surface area contributed by atoms with Gasteiger partial charge in [0.15, 0.2) is 0 Å². The van der Waals surface area contributed by atoms with E-state index in [0.717, 1.165) is 28.1 Å². The molecule has 0 unspecified atom stereocenters. The Hall–Kier alpha value is -1.92. The van der Waals surface area contributed by atoms with Crippen LogP contribution in [0.15, 0.2) is 47.8 Å². The van der Waals surface area contributed by atoms with Gasteiger partial charge in [0.05, 0.1) is 5.75 Å². The molecule has 2 heterocycles. The number of aryl methyl sites for hydroxylation is 1. The number of hydrogen-bond donors (Lipinski definition) is 1. The zero-order valence-electron chi connectivity index (χ0n) is 13.5. The van der Waals surface area contributed by atoms with Gasteiger partial charge in [0, 0.05) is 16.8 Å². The number of benzene rings is 1. The molecule has 124 valence electrons. The third-order valence-corrected chi connectivity index (χ3v) is 5.80. The fourth-order valence-electron chi connectivity index (χ4n) is 2.35. The van der Waals surface area contributed by atoms with E-state index >= 15 is 0 Å².